The molecule has 0 saturated carbocycles. The van der Waals surface area contributed by atoms with E-state index >= 15 is 0 Å². The lowest BCUT2D eigenvalue weighted by Gasteiger charge is -2.12. The Morgan fingerprint density at radius 1 is 0.783 bits per heavy atom. The summed E-state index contributed by atoms with van der Waals surface area (Å²) < 4.78 is 0. The molecule has 1 amide bonds. The van der Waals surface area contributed by atoms with E-state index in [1.807, 2.05) is 0 Å². The quantitative estimate of drug-likeness (QED) is 0.369. The number of carbonyl (C=O) groups excluding carboxylic acids is 1. The number of rotatable bonds is 14. The first-order chi connectivity index (χ1) is 11.3. The Morgan fingerprint density at radius 3 is 1.87 bits per heavy atom. The van der Waals surface area contributed by atoms with Gasteiger partial charge in [0.2, 0.25) is 5.91 Å². The van der Waals surface area contributed by atoms with E-state index in [1.54, 1.807) is 0 Å². The molecule has 1 fully saturated rings. The van der Waals surface area contributed by atoms with Crippen molar-refractivity contribution >= 4 is 5.91 Å². The summed E-state index contributed by atoms with van der Waals surface area (Å²) in [6.07, 6.45) is 23.0. The molecule has 23 heavy (non-hydrogen) atoms. The SMILES string of the molecule is CCCCCCCCCCCCCCCC1CCNC(=O)CC1. The van der Waals surface area contributed by atoms with Gasteiger partial charge in [-0.25, -0.2) is 0 Å². The summed E-state index contributed by atoms with van der Waals surface area (Å²) in [4.78, 5) is 11.3. The van der Waals surface area contributed by atoms with Crippen molar-refractivity contribution in [2.75, 3.05) is 6.54 Å². The van der Waals surface area contributed by atoms with Crippen LogP contribution in [0.4, 0.5) is 0 Å². The molecule has 0 spiro atoms. The Labute approximate surface area is 145 Å². The van der Waals surface area contributed by atoms with E-state index in [4.69, 9.17) is 0 Å². The number of hydrogen-bond donors (Lipinski definition) is 1. The maximum atomic E-state index is 11.3. The molecule has 0 aromatic rings. The average Bonchev–Trinajstić information content (AvgIpc) is 2.76. The zero-order valence-electron chi connectivity index (χ0n) is 15.7. The molecule has 1 saturated heterocycles. The van der Waals surface area contributed by atoms with Crippen molar-refractivity contribution in [3.63, 3.8) is 0 Å². The van der Waals surface area contributed by atoms with Gasteiger partial charge in [0.25, 0.3) is 0 Å². The number of amides is 1. The van der Waals surface area contributed by atoms with Crippen molar-refractivity contribution in [2.24, 2.45) is 5.92 Å². The molecule has 1 N–H and O–H groups in total. The van der Waals surface area contributed by atoms with Gasteiger partial charge in [0.1, 0.15) is 0 Å². The van der Waals surface area contributed by atoms with Crippen LogP contribution in [0.2, 0.25) is 0 Å². The van der Waals surface area contributed by atoms with Gasteiger partial charge in [0.15, 0.2) is 0 Å². The molecule has 0 radical (unpaired) electrons. The van der Waals surface area contributed by atoms with Gasteiger partial charge in [0.05, 0.1) is 0 Å². The summed E-state index contributed by atoms with van der Waals surface area (Å²) in [5, 5.41) is 2.98. The van der Waals surface area contributed by atoms with Gasteiger partial charge in [0, 0.05) is 13.0 Å². The van der Waals surface area contributed by atoms with Crippen LogP contribution in [0, 0.1) is 5.92 Å². The second-order valence-corrected chi connectivity index (χ2v) is 7.57. The first-order valence-electron chi connectivity index (χ1n) is 10.6. The number of unbranched alkanes of at least 4 members (excludes halogenated alkanes) is 12. The van der Waals surface area contributed by atoms with Crippen molar-refractivity contribution in [1.82, 2.24) is 5.32 Å². The third-order valence-electron chi connectivity index (χ3n) is 5.37. The Morgan fingerprint density at radius 2 is 1.30 bits per heavy atom. The van der Waals surface area contributed by atoms with Crippen LogP contribution in [0.1, 0.15) is 116 Å². The molecule has 0 bridgehead atoms. The Hall–Kier alpha value is -0.530. The van der Waals surface area contributed by atoms with Crippen LogP contribution in [0.15, 0.2) is 0 Å². The van der Waals surface area contributed by atoms with E-state index in [0.29, 0.717) is 0 Å². The molecule has 1 aliphatic heterocycles. The molecule has 0 aromatic heterocycles. The summed E-state index contributed by atoms with van der Waals surface area (Å²) in [6.45, 7) is 3.19. The van der Waals surface area contributed by atoms with Crippen molar-refractivity contribution in [3.05, 3.63) is 0 Å². The predicted octanol–water partition coefficient (Wildman–Crippen LogP) is 6.38. The minimum absolute atomic E-state index is 0.262. The molecule has 136 valence electrons. The van der Waals surface area contributed by atoms with Crippen molar-refractivity contribution in [3.8, 4) is 0 Å². The van der Waals surface area contributed by atoms with Crippen LogP contribution >= 0.6 is 0 Å². The molecular weight excluding hydrogens is 282 g/mol. The second-order valence-electron chi connectivity index (χ2n) is 7.57. The lowest BCUT2D eigenvalue weighted by molar-refractivity contribution is -0.120. The summed E-state index contributed by atoms with van der Waals surface area (Å²) >= 11 is 0. The highest BCUT2D eigenvalue weighted by atomic mass is 16.1. The normalized spacial score (nSPS) is 18.7. The third kappa shape index (κ3) is 12.5. The van der Waals surface area contributed by atoms with Gasteiger partial charge < -0.3 is 5.32 Å². The fraction of sp³-hybridized carbons (Fsp3) is 0.952. The average molecular weight is 324 g/mol. The summed E-state index contributed by atoms with van der Waals surface area (Å²) in [7, 11) is 0. The van der Waals surface area contributed by atoms with Crippen molar-refractivity contribution in [1.29, 1.82) is 0 Å². The van der Waals surface area contributed by atoms with Gasteiger partial charge >= 0.3 is 0 Å². The molecule has 1 heterocycles. The molecule has 1 atom stereocenters. The molecular formula is C21H41NO. The van der Waals surface area contributed by atoms with E-state index in [0.717, 1.165) is 25.3 Å². The third-order valence-corrected chi connectivity index (χ3v) is 5.37. The Balaban J connectivity index is 1.77. The smallest absolute Gasteiger partial charge is 0.220 e. The van der Waals surface area contributed by atoms with Crippen LogP contribution in [0.25, 0.3) is 0 Å². The van der Waals surface area contributed by atoms with E-state index in [1.165, 1.54) is 96.3 Å². The Bertz CT molecular complexity index is 277. The van der Waals surface area contributed by atoms with Gasteiger partial charge in [-0.05, 0) is 18.8 Å². The van der Waals surface area contributed by atoms with Crippen molar-refractivity contribution in [2.45, 2.75) is 116 Å². The molecule has 1 rings (SSSR count). The molecule has 1 aliphatic rings. The van der Waals surface area contributed by atoms with Crippen LogP contribution < -0.4 is 5.32 Å². The number of hydrogen-bond acceptors (Lipinski definition) is 1. The zero-order valence-corrected chi connectivity index (χ0v) is 15.7. The maximum Gasteiger partial charge on any atom is 0.220 e. The maximum absolute atomic E-state index is 11.3. The molecule has 2 heteroatoms. The van der Waals surface area contributed by atoms with E-state index in [-0.39, 0.29) is 5.91 Å². The van der Waals surface area contributed by atoms with E-state index < -0.39 is 0 Å². The first-order valence-corrected chi connectivity index (χ1v) is 10.6. The van der Waals surface area contributed by atoms with E-state index in [9.17, 15) is 4.79 Å². The Kier molecular flexibility index (Phi) is 13.4. The highest BCUT2D eigenvalue weighted by molar-refractivity contribution is 5.76. The standard InChI is InChI=1S/C21H41NO/c1-2-3-4-5-6-7-8-9-10-11-12-13-14-15-20-16-17-21(23)22-19-18-20/h20H,2-19H2,1H3,(H,22,23). The summed E-state index contributed by atoms with van der Waals surface area (Å²) in [5.74, 6) is 1.06. The minimum Gasteiger partial charge on any atom is -0.356 e. The van der Waals surface area contributed by atoms with Crippen molar-refractivity contribution < 1.29 is 4.79 Å². The van der Waals surface area contributed by atoms with Crippen LogP contribution in [0.5, 0.6) is 0 Å². The summed E-state index contributed by atoms with van der Waals surface area (Å²) in [5.41, 5.74) is 0. The minimum atomic E-state index is 0.262. The van der Waals surface area contributed by atoms with Crippen LogP contribution in [-0.2, 0) is 4.79 Å². The molecule has 1 unspecified atom stereocenters. The van der Waals surface area contributed by atoms with Gasteiger partial charge in [-0.15, -0.1) is 0 Å². The van der Waals surface area contributed by atoms with E-state index in [2.05, 4.69) is 12.2 Å². The largest absolute Gasteiger partial charge is 0.356 e. The lowest BCUT2D eigenvalue weighted by Crippen LogP contribution is -2.21. The van der Waals surface area contributed by atoms with Gasteiger partial charge in [-0.2, -0.15) is 0 Å². The highest BCUT2D eigenvalue weighted by Crippen LogP contribution is 2.21. The topological polar surface area (TPSA) is 29.1 Å². The number of nitrogens with one attached hydrogen (secondary N) is 1. The number of carbonyl (C=O) groups is 1. The van der Waals surface area contributed by atoms with Crippen LogP contribution in [0.3, 0.4) is 0 Å². The lowest BCUT2D eigenvalue weighted by atomic mass is 9.93. The first kappa shape index (κ1) is 20.5. The van der Waals surface area contributed by atoms with Gasteiger partial charge in [-0.1, -0.05) is 96.8 Å². The molecule has 0 aromatic carbocycles. The highest BCUT2D eigenvalue weighted by Gasteiger charge is 2.15. The fourth-order valence-electron chi connectivity index (χ4n) is 3.72. The fourth-order valence-corrected chi connectivity index (χ4v) is 3.72. The van der Waals surface area contributed by atoms with Gasteiger partial charge in [-0.3, -0.25) is 4.79 Å². The summed E-state index contributed by atoms with van der Waals surface area (Å²) in [6, 6.07) is 0. The zero-order chi connectivity index (χ0) is 16.6. The predicted molar refractivity (Wildman–Crippen MR) is 101 cm³/mol. The second kappa shape index (κ2) is 15.0. The molecule has 0 aliphatic carbocycles. The molecule has 2 nitrogen and oxygen atoms in total. The monoisotopic (exact) mass is 323 g/mol. The van der Waals surface area contributed by atoms with Crippen LogP contribution in [-0.4, -0.2) is 12.5 Å².